The number of aromatic nitrogens is 1. The molecule has 4 rings (SSSR count). The van der Waals surface area contributed by atoms with Gasteiger partial charge in [-0.1, -0.05) is 6.07 Å². The van der Waals surface area contributed by atoms with Crippen molar-refractivity contribution >= 4 is 11.6 Å². The van der Waals surface area contributed by atoms with Crippen LogP contribution >= 0.6 is 0 Å². The van der Waals surface area contributed by atoms with Crippen molar-refractivity contribution < 1.29 is 9.59 Å². The number of aryl methyl sites for hydroxylation is 1. The molecule has 24 heavy (non-hydrogen) atoms. The van der Waals surface area contributed by atoms with Crippen LogP contribution in [0.15, 0.2) is 47.1 Å². The van der Waals surface area contributed by atoms with Crippen molar-refractivity contribution in [2.75, 3.05) is 0 Å². The highest BCUT2D eigenvalue weighted by molar-refractivity contribution is 6.04. The average molecular weight is 322 g/mol. The van der Waals surface area contributed by atoms with E-state index in [0.717, 1.165) is 66.6 Å². The Kier molecular flexibility index (Phi) is 4.05. The van der Waals surface area contributed by atoms with Crippen LogP contribution in [-0.4, -0.2) is 16.6 Å². The van der Waals surface area contributed by atoms with Gasteiger partial charge in [0.1, 0.15) is 0 Å². The number of Topliss-reactive ketones (excluding diaryl/α,β-unsaturated/α-hetero) is 2. The van der Waals surface area contributed by atoms with E-state index in [9.17, 15) is 9.59 Å². The zero-order chi connectivity index (χ0) is 16.5. The van der Waals surface area contributed by atoms with Crippen molar-refractivity contribution in [1.29, 1.82) is 0 Å². The van der Waals surface area contributed by atoms with E-state index in [1.165, 1.54) is 0 Å². The third-order valence-corrected chi connectivity index (χ3v) is 5.36. The Hall–Kier alpha value is -2.23. The number of hydrogen-bond donors (Lipinski definition) is 1. The SMILES string of the molecule is O=C1CCCC2=C1C(CCc1cccnc1)C1=C(CCCC1=O)N2. The summed E-state index contributed by atoms with van der Waals surface area (Å²) in [5, 5.41) is 3.45. The zero-order valence-corrected chi connectivity index (χ0v) is 13.8. The van der Waals surface area contributed by atoms with Gasteiger partial charge in [0.15, 0.2) is 11.6 Å². The molecule has 0 saturated heterocycles. The molecule has 4 heteroatoms. The molecule has 2 heterocycles. The summed E-state index contributed by atoms with van der Waals surface area (Å²) in [6.07, 6.45) is 10.2. The van der Waals surface area contributed by atoms with Gasteiger partial charge in [0.05, 0.1) is 0 Å². The Morgan fingerprint density at radius 2 is 1.67 bits per heavy atom. The molecule has 1 aromatic rings. The highest BCUT2D eigenvalue weighted by Crippen LogP contribution is 2.41. The number of nitrogens with one attached hydrogen (secondary N) is 1. The van der Waals surface area contributed by atoms with E-state index in [1.54, 1.807) is 6.20 Å². The number of ketones is 2. The number of dihydropyridines is 1. The Bertz CT molecular complexity index is 704. The summed E-state index contributed by atoms with van der Waals surface area (Å²) in [7, 11) is 0. The van der Waals surface area contributed by atoms with Crippen molar-refractivity contribution in [3.8, 4) is 0 Å². The first-order valence-corrected chi connectivity index (χ1v) is 8.92. The molecule has 1 N–H and O–H groups in total. The van der Waals surface area contributed by atoms with Gasteiger partial charge in [-0.25, -0.2) is 0 Å². The van der Waals surface area contributed by atoms with Crippen molar-refractivity contribution in [2.45, 2.75) is 51.4 Å². The maximum absolute atomic E-state index is 12.6. The largest absolute Gasteiger partial charge is 0.362 e. The number of carbonyl (C=O) groups is 2. The fourth-order valence-electron chi connectivity index (χ4n) is 4.27. The number of pyridine rings is 1. The standard InChI is InChI=1S/C20H22N2O2/c23-17-7-1-5-15-19(17)14(10-9-13-4-3-11-21-12-13)20-16(22-15)6-2-8-18(20)24/h3-4,11-12,14,22H,1-2,5-10H2. The normalized spacial score (nSPS) is 21.5. The molecule has 1 aliphatic heterocycles. The molecule has 0 spiro atoms. The lowest BCUT2D eigenvalue weighted by Gasteiger charge is -2.37. The number of rotatable bonds is 3. The van der Waals surface area contributed by atoms with Crippen molar-refractivity contribution in [3.05, 3.63) is 52.6 Å². The number of allylic oxidation sites excluding steroid dienone is 4. The van der Waals surface area contributed by atoms with Crippen LogP contribution in [0.25, 0.3) is 0 Å². The molecular formula is C20H22N2O2. The van der Waals surface area contributed by atoms with Gasteiger partial charge in [-0.15, -0.1) is 0 Å². The molecular weight excluding hydrogens is 300 g/mol. The molecule has 4 nitrogen and oxygen atoms in total. The van der Waals surface area contributed by atoms with E-state index in [1.807, 2.05) is 12.3 Å². The van der Waals surface area contributed by atoms with Gasteiger partial charge in [0.25, 0.3) is 0 Å². The maximum Gasteiger partial charge on any atom is 0.161 e. The van der Waals surface area contributed by atoms with E-state index >= 15 is 0 Å². The van der Waals surface area contributed by atoms with E-state index in [4.69, 9.17) is 0 Å². The van der Waals surface area contributed by atoms with Gasteiger partial charge in [-0.2, -0.15) is 0 Å². The van der Waals surface area contributed by atoms with Crippen LogP contribution in [0.1, 0.15) is 50.5 Å². The van der Waals surface area contributed by atoms with E-state index in [2.05, 4.69) is 16.4 Å². The molecule has 0 amide bonds. The third kappa shape index (κ3) is 2.70. The predicted molar refractivity (Wildman–Crippen MR) is 91.0 cm³/mol. The fourth-order valence-corrected chi connectivity index (χ4v) is 4.27. The van der Waals surface area contributed by atoms with Crippen LogP contribution in [0.3, 0.4) is 0 Å². The first kappa shape index (κ1) is 15.3. The molecule has 0 radical (unpaired) electrons. The molecule has 2 aliphatic carbocycles. The minimum Gasteiger partial charge on any atom is -0.362 e. The summed E-state index contributed by atoms with van der Waals surface area (Å²) in [6, 6.07) is 3.99. The van der Waals surface area contributed by atoms with Crippen molar-refractivity contribution in [3.63, 3.8) is 0 Å². The molecule has 0 bridgehead atoms. The summed E-state index contributed by atoms with van der Waals surface area (Å²) >= 11 is 0. The molecule has 124 valence electrons. The fraction of sp³-hybridized carbons (Fsp3) is 0.450. The lowest BCUT2D eigenvalue weighted by atomic mass is 9.72. The molecule has 3 aliphatic rings. The van der Waals surface area contributed by atoms with Crippen LogP contribution in [0.2, 0.25) is 0 Å². The monoisotopic (exact) mass is 322 g/mol. The Labute approximate surface area is 142 Å². The lowest BCUT2D eigenvalue weighted by Crippen LogP contribution is -2.37. The van der Waals surface area contributed by atoms with Crippen molar-refractivity contribution in [2.24, 2.45) is 5.92 Å². The minimum absolute atomic E-state index is 0.0305. The molecule has 1 aromatic heterocycles. The Morgan fingerprint density at radius 1 is 1.00 bits per heavy atom. The summed E-state index contributed by atoms with van der Waals surface area (Å²) in [5.41, 5.74) is 5.09. The first-order valence-electron chi connectivity index (χ1n) is 8.92. The van der Waals surface area contributed by atoms with Gasteiger partial charge < -0.3 is 5.32 Å². The van der Waals surface area contributed by atoms with E-state index < -0.39 is 0 Å². The minimum atomic E-state index is -0.0305. The highest BCUT2D eigenvalue weighted by Gasteiger charge is 2.38. The topological polar surface area (TPSA) is 59.1 Å². The maximum atomic E-state index is 12.6. The molecule has 0 aromatic carbocycles. The van der Waals surface area contributed by atoms with Crippen molar-refractivity contribution in [1.82, 2.24) is 10.3 Å². The molecule has 0 fully saturated rings. The van der Waals surface area contributed by atoms with Crippen LogP contribution in [0, 0.1) is 5.92 Å². The number of nitrogens with zero attached hydrogens (tertiary/aromatic N) is 1. The average Bonchev–Trinajstić information content (AvgIpc) is 2.60. The summed E-state index contributed by atoms with van der Waals surface area (Å²) in [6.45, 7) is 0. The smallest absolute Gasteiger partial charge is 0.161 e. The number of hydrogen-bond acceptors (Lipinski definition) is 4. The second-order valence-corrected chi connectivity index (χ2v) is 6.92. The summed E-state index contributed by atoms with van der Waals surface area (Å²) in [5.74, 6) is 0.423. The van der Waals surface area contributed by atoms with Crippen LogP contribution in [0.4, 0.5) is 0 Å². The van der Waals surface area contributed by atoms with Gasteiger partial charge >= 0.3 is 0 Å². The third-order valence-electron chi connectivity index (χ3n) is 5.36. The quantitative estimate of drug-likeness (QED) is 0.928. The predicted octanol–water partition coefficient (Wildman–Crippen LogP) is 3.25. The Balaban J connectivity index is 1.68. The second kappa shape index (κ2) is 6.34. The van der Waals surface area contributed by atoms with Gasteiger partial charge in [-0.05, 0) is 50.2 Å². The van der Waals surface area contributed by atoms with Gasteiger partial charge in [0.2, 0.25) is 0 Å². The molecule has 0 unspecified atom stereocenters. The Morgan fingerprint density at radius 3 is 2.25 bits per heavy atom. The number of carbonyl (C=O) groups excluding carboxylic acids is 2. The van der Waals surface area contributed by atoms with E-state index in [-0.39, 0.29) is 17.5 Å². The highest BCUT2D eigenvalue weighted by atomic mass is 16.1. The summed E-state index contributed by atoms with van der Waals surface area (Å²) < 4.78 is 0. The van der Waals surface area contributed by atoms with Gasteiger partial charge in [0, 0.05) is 53.7 Å². The molecule has 0 atom stereocenters. The second-order valence-electron chi connectivity index (χ2n) is 6.92. The first-order chi connectivity index (χ1) is 11.7. The van der Waals surface area contributed by atoms with Crippen LogP contribution in [-0.2, 0) is 16.0 Å². The van der Waals surface area contributed by atoms with E-state index in [0.29, 0.717) is 12.8 Å². The zero-order valence-electron chi connectivity index (χ0n) is 13.8. The van der Waals surface area contributed by atoms with Crippen LogP contribution < -0.4 is 5.32 Å². The van der Waals surface area contributed by atoms with Crippen LogP contribution in [0.5, 0.6) is 0 Å². The lowest BCUT2D eigenvalue weighted by molar-refractivity contribution is -0.117. The summed E-state index contributed by atoms with van der Waals surface area (Å²) in [4.78, 5) is 29.3. The van der Waals surface area contributed by atoms with Gasteiger partial charge in [-0.3, -0.25) is 14.6 Å². The molecule has 0 saturated carbocycles.